The molecule has 0 aliphatic carbocycles. The Kier molecular flexibility index (Phi) is 4.29. The fourth-order valence-electron chi connectivity index (χ4n) is 2.95. The van der Waals surface area contributed by atoms with Gasteiger partial charge in [-0.15, -0.1) is 0 Å². The Morgan fingerprint density at radius 1 is 1.35 bits per heavy atom. The van der Waals surface area contributed by atoms with Crippen molar-refractivity contribution < 1.29 is 12.9 Å². The van der Waals surface area contributed by atoms with E-state index in [1.54, 1.807) is 29.2 Å². The molecule has 0 bridgehead atoms. The molecule has 10 heteroatoms. The lowest BCUT2D eigenvalue weighted by molar-refractivity contribution is 0.413. The predicted octanol–water partition coefficient (Wildman–Crippen LogP) is 1.53. The molecule has 1 unspecified atom stereocenters. The summed E-state index contributed by atoms with van der Waals surface area (Å²) in [5.74, 6) is 0.742. The summed E-state index contributed by atoms with van der Waals surface area (Å²) in [4.78, 5) is 8.78. The van der Waals surface area contributed by atoms with Crippen LogP contribution in [0.25, 0.3) is 11.6 Å². The largest absolute Gasteiger partial charge is 0.332 e. The molecule has 0 spiro atoms. The molecule has 0 radical (unpaired) electrons. The van der Waals surface area contributed by atoms with Crippen LogP contribution in [0.1, 0.15) is 25.1 Å². The summed E-state index contributed by atoms with van der Waals surface area (Å²) < 4.78 is 33.9. The van der Waals surface area contributed by atoms with E-state index in [1.165, 1.54) is 10.5 Å². The second kappa shape index (κ2) is 6.61. The normalized spacial score (nSPS) is 18.4. The molecular formula is C16H18N6O3S. The summed E-state index contributed by atoms with van der Waals surface area (Å²) in [7, 11) is -3.56. The number of rotatable bonds is 5. The second-order valence-corrected chi connectivity index (χ2v) is 7.99. The minimum Gasteiger partial charge on any atom is -0.332 e. The lowest BCUT2D eigenvalue weighted by Gasteiger charge is -2.14. The van der Waals surface area contributed by atoms with E-state index in [4.69, 9.17) is 4.52 Å². The van der Waals surface area contributed by atoms with Crippen molar-refractivity contribution in [3.63, 3.8) is 0 Å². The Morgan fingerprint density at radius 3 is 2.96 bits per heavy atom. The van der Waals surface area contributed by atoms with Gasteiger partial charge in [0.15, 0.2) is 5.82 Å². The van der Waals surface area contributed by atoms with Gasteiger partial charge in [0.1, 0.15) is 10.6 Å². The van der Waals surface area contributed by atoms with Crippen LogP contribution in [0.2, 0.25) is 0 Å². The van der Waals surface area contributed by atoms with Crippen molar-refractivity contribution in [1.82, 2.24) is 29.2 Å². The fourth-order valence-corrected chi connectivity index (χ4v) is 4.41. The van der Waals surface area contributed by atoms with Crippen LogP contribution in [0.3, 0.4) is 0 Å². The topological polar surface area (TPSA) is 107 Å². The van der Waals surface area contributed by atoms with E-state index in [0.717, 1.165) is 0 Å². The van der Waals surface area contributed by atoms with Crippen molar-refractivity contribution >= 4 is 10.0 Å². The summed E-state index contributed by atoms with van der Waals surface area (Å²) in [5.41, 5.74) is 0.598. The Bertz CT molecular complexity index is 998. The summed E-state index contributed by atoms with van der Waals surface area (Å²) in [5, 5.41) is 8.07. The van der Waals surface area contributed by atoms with Crippen LogP contribution in [-0.2, 0) is 16.6 Å². The predicted molar refractivity (Wildman–Crippen MR) is 91.5 cm³/mol. The van der Waals surface area contributed by atoms with Crippen LogP contribution in [0.4, 0.5) is 0 Å². The van der Waals surface area contributed by atoms with Crippen LogP contribution in [0.15, 0.2) is 46.2 Å². The minimum atomic E-state index is -3.56. The van der Waals surface area contributed by atoms with Gasteiger partial charge in [-0.3, -0.25) is 9.67 Å². The maximum Gasteiger partial charge on any atom is 0.276 e. The Hall–Kier alpha value is -2.59. The number of nitrogens with zero attached hydrogens (tertiary/aromatic N) is 6. The van der Waals surface area contributed by atoms with Gasteiger partial charge in [-0.1, -0.05) is 11.2 Å². The van der Waals surface area contributed by atoms with E-state index >= 15 is 0 Å². The van der Waals surface area contributed by atoms with Crippen LogP contribution < -0.4 is 0 Å². The van der Waals surface area contributed by atoms with Crippen LogP contribution in [-0.4, -0.2) is 50.7 Å². The van der Waals surface area contributed by atoms with Crippen molar-refractivity contribution in [1.29, 1.82) is 0 Å². The molecule has 1 atom stereocenters. The Morgan fingerprint density at radius 2 is 2.23 bits per heavy atom. The smallest absolute Gasteiger partial charge is 0.276 e. The molecule has 0 N–H and O–H groups in total. The minimum absolute atomic E-state index is 0.104. The van der Waals surface area contributed by atoms with Crippen molar-refractivity contribution in [3.05, 3.63) is 42.6 Å². The van der Waals surface area contributed by atoms with Gasteiger partial charge in [0.25, 0.3) is 5.89 Å². The molecule has 3 aromatic rings. The highest BCUT2D eigenvalue weighted by Gasteiger charge is 2.36. The molecule has 136 valence electrons. The number of hydrogen-bond acceptors (Lipinski definition) is 7. The highest BCUT2D eigenvalue weighted by atomic mass is 32.2. The summed E-state index contributed by atoms with van der Waals surface area (Å²) in [6.07, 6.45) is 5.23. The summed E-state index contributed by atoms with van der Waals surface area (Å²) in [6.45, 7) is 3.26. The van der Waals surface area contributed by atoms with Crippen LogP contribution in [0.5, 0.6) is 0 Å². The summed E-state index contributed by atoms with van der Waals surface area (Å²) >= 11 is 0. The molecule has 0 saturated carbocycles. The first-order chi connectivity index (χ1) is 12.6. The number of aromatic nitrogens is 5. The SMILES string of the molecule is CCn1cc(S(=O)(=O)N2CCC(c3noc(-c4ccccn4)n3)C2)cn1. The highest BCUT2D eigenvalue weighted by Crippen LogP contribution is 2.30. The third kappa shape index (κ3) is 3.01. The zero-order valence-corrected chi connectivity index (χ0v) is 15.0. The van der Waals surface area contributed by atoms with Gasteiger partial charge in [0.2, 0.25) is 10.0 Å². The van der Waals surface area contributed by atoms with Gasteiger partial charge in [-0.25, -0.2) is 8.42 Å². The molecule has 1 aliphatic heterocycles. The average Bonchev–Trinajstić information content (AvgIpc) is 3.42. The first kappa shape index (κ1) is 16.9. The van der Waals surface area contributed by atoms with E-state index in [-0.39, 0.29) is 10.8 Å². The van der Waals surface area contributed by atoms with Gasteiger partial charge in [0.05, 0.1) is 6.20 Å². The maximum absolute atomic E-state index is 12.8. The second-order valence-electron chi connectivity index (χ2n) is 6.05. The third-order valence-corrected chi connectivity index (χ3v) is 6.23. The average molecular weight is 374 g/mol. The first-order valence-electron chi connectivity index (χ1n) is 8.35. The van der Waals surface area contributed by atoms with Gasteiger partial charge in [-0.05, 0) is 25.5 Å². The number of aryl methyl sites for hydroxylation is 1. The quantitative estimate of drug-likeness (QED) is 0.666. The van der Waals surface area contributed by atoms with Gasteiger partial charge in [0, 0.05) is 37.9 Å². The zero-order chi connectivity index (χ0) is 18.1. The lowest BCUT2D eigenvalue weighted by Crippen LogP contribution is -2.28. The first-order valence-corrected chi connectivity index (χ1v) is 9.79. The van der Waals surface area contributed by atoms with Crippen LogP contribution in [0, 0.1) is 0 Å². The number of hydrogen-bond donors (Lipinski definition) is 0. The summed E-state index contributed by atoms with van der Waals surface area (Å²) in [6, 6.07) is 5.43. The highest BCUT2D eigenvalue weighted by molar-refractivity contribution is 7.89. The third-order valence-electron chi connectivity index (χ3n) is 4.41. The molecule has 9 nitrogen and oxygen atoms in total. The number of pyridine rings is 1. The molecular weight excluding hydrogens is 356 g/mol. The fraction of sp³-hybridized carbons (Fsp3) is 0.375. The van der Waals surface area contributed by atoms with E-state index in [0.29, 0.717) is 43.5 Å². The van der Waals surface area contributed by atoms with Crippen molar-refractivity contribution in [2.24, 2.45) is 0 Å². The van der Waals surface area contributed by atoms with E-state index < -0.39 is 10.0 Å². The molecule has 26 heavy (non-hydrogen) atoms. The monoisotopic (exact) mass is 374 g/mol. The molecule has 1 aliphatic rings. The van der Waals surface area contributed by atoms with Crippen LogP contribution >= 0.6 is 0 Å². The standard InChI is InChI=1S/C16H18N6O3S/c1-2-21-11-13(9-18-21)26(23,24)22-8-6-12(10-22)15-19-16(25-20-15)14-5-3-4-7-17-14/h3-5,7,9,11-12H,2,6,8,10H2,1H3. The van der Waals surface area contributed by atoms with Gasteiger partial charge < -0.3 is 4.52 Å². The maximum atomic E-state index is 12.8. The van der Waals surface area contributed by atoms with Crippen molar-refractivity contribution in [3.8, 4) is 11.6 Å². The lowest BCUT2D eigenvalue weighted by atomic mass is 10.1. The van der Waals surface area contributed by atoms with E-state index in [2.05, 4.69) is 20.2 Å². The Balaban J connectivity index is 1.51. The van der Waals surface area contributed by atoms with Gasteiger partial charge in [-0.2, -0.15) is 14.4 Å². The molecule has 1 fully saturated rings. The zero-order valence-electron chi connectivity index (χ0n) is 14.2. The van der Waals surface area contributed by atoms with Gasteiger partial charge >= 0.3 is 0 Å². The molecule has 0 aromatic carbocycles. The van der Waals surface area contributed by atoms with Crippen molar-refractivity contribution in [2.75, 3.05) is 13.1 Å². The molecule has 3 aromatic heterocycles. The Labute approximate surface area is 150 Å². The van der Waals surface area contributed by atoms with E-state index in [1.807, 2.05) is 13.0 Å². The molecule has 4 heterocycles. The number of sulfonamides is 1. The van der Waals surface area contributed by atoms with E-state index in [9.17, 15) is 8.42 Å². The molecule has 0 amide bonds. The van der Waals surface area contributed by atoms with Crippen molar-refractivity contribution in [2.45, 2.75) is 30.7 Å². The molecule has 1 saturated heterocycles. The molecule has 4 rings (SSSR count).